The van der Waals surface area contributed by atoms with E-state index >= 15 is 0 Å². The van der Waals surface area contributed by atoms with E-state index in [0.717, 1.165) is 24.3 Å². The van der Waals surface area contributed by atoms with Gasteiger partial charge in [-0.1, -0.05) is 19.9 Å². The molecule has 2 rings (SSSR count). The number of hydrogen-bond acceptors (Lipinski definition) is 3. The first-order valence-corrected chi connectivity index (χ1v) is 7.13. The van der Waals surface area contributed by atoms with Crippen LogP contribution >= 0.6 is 11.6 Å². The third-order valence-corrected chi connectivity index (χ3v) is 3.91. The van der Waals surface area contributed by atoms with Crippen molar-refractivity contribution in [1.29, 1.82) is 0 Å². The summed E-state index contributed by atoms with van der Waals surface area (Å²) in [7, 11) is 0. The molecule has 104 valence electrons. The second-order valence-corrected chi connectivity index (χ2v) is 5.83. The third kappa shape index (κ3) is 3.18. The zero-order valence-corrected chi connectivity index (χ0v) is 12.1. The zero-order valence-electron chi connectivity index (χ0n) is 11.3. The average molecular weight is 283 g/mol. The van der Waals surface area contributed by atoms with Gasteiger partial charge in [-0.05, 0) is 29.9 Å². The van der Waals surface area contributed by atoms with E-state index in [1.54, 1.807) is 6.07 Å². The van der Waals surface area contributed by atoms with E-state index in [1.165, 1.54) is 6.42 Å². The SMILES string of the molecule is CC1CC(C)CN(c2ccc(CCl)cc2[N+](=O)[O-])C1. The van der Waals surface area contributed by atoms with Gasteiger partial charge >= 0.3 is 0 Å². The molecule has 19 heavy (non-hydrogen) atoms. The van der Waals surface area contributed by atoms with Crippen molar-refractivity contribution >= 4 is 23.0 Å². The van der Waals surface area contributed by atoms with Crippen molar-refractivity contribution in [3.05, 3.63) is 33.9 Å². The maximum atomic E-state index is 11.2. The van der Waals surface area contributed by atoms with Crippen LogP contribution in [0.5, 0.6) is 0 Å². The maximum absolute atomic E-state index is 11.2. The Morgan fingerprint density at radius 1 is 1.37 bits per heavy atom. The lowest BCUT2D eigenvalue weighted by Gasteiger charge is -2.36. The van der Waals surface area contributed by atoms with Crippen molar-refractivity contribution in [1.82, 2.24) is 0 Å². The predicted molar refractivity (Wildman–Crippen MR) is 77.8 cm³/mol. The number of nitro benzene ring substituents is 1. The van der Waals surface area contributed by atoms with Gasteiger partial charge in [0.2, 0.25) is 0 Å². The van der Waals surface area contributed by atoms with Gasteiger partial charge < -0.3 is 4.90 Å². The molecule has 1 heterocycles. The fourth-order valence-corrected chi connectivity index (χ4v) is 3.09. The number of nitrogens with zero attached hydrogens (tertiary/aromatic N) is 2. The highest BCUT2D eigenvalue weighted by Gasteiger charge is 2.26. The van der Waals surface area contributed by atoms with Gasteiger partial charge in [-0.3, -0.25) is 10.1 Å². The van der Waals surface area contributed by atoms with Crippen LogP contribution in [-0.2, 0) is 5.88 Å². The van der Waals surface area contributed by atoms with Gasteiger partial charge in [-0.15, -0.1) is 11.6 Å². The van der Waals surface area contributed by atoms with Gasteiger partial charge in [0.25, 0.3) is 5.69 Å². The number of benzene rings is 1. The first-order chi connectivity index (χ1) is 9.01. The predicted octanol–water partition coefficient (Wildman–Crippen LogP) is 3.82. The van der Waals surface area contributed by atoms with E-state index in [9.17, 15) is 10.1 Å². The van der Waals surface area contributed by atoms with Gasteiger partial charge in [0.1, 0.15) is 5.69 Å². The van der Waals surface area contributed by atoms with E-state index in [1.807, 2.05) is 12.1 Å². The van der Waals surface area contributed by atoms with Crippen LogP contribution < -0.4 is 4.90 Å². The largest absolute Gasteiger partial charge is 0.365 e. The summed E-state index contributed by atoms with van der Waals surface area (Å²) in [5, 5.41) is 11.2. The summed E-state index contributed by atoms with van der Waals surface area (Å²) in [5.41, 5.74) is 1.67. The highest BCUT2D eigenvalue weighted by molar-refractivity contribution is 6.17. The van der Waals surface area contributed by atoms with Crippen molar-refractivity contribution in [2.75, 3.05) is 18.0 Å². The summed E-state index contributed by atoms with van der Waals surface area (Å²) in [6.45, 7) is 6.15. The first kappa shape index (κ1) is 14.1. The number of rotatable bonds is 3. The van der Waals surface area contributed by atoms with Gasteiger partial charge in [-0.2, -0.15) is 0 Å². The Morgan fingerprint density at radius 3 is 2.53 bits per heavy atom. The molecule has 0 aromatic heterocycles. The van der Waals surface area contributed by atoms with Crippen LogP contribution in [0.4, 0.5) is 11.4 Å². The second-order valence-electron chi connectivity index (χ2n) is 5.56. The van der Waals surface area contributed by atoms with Crippen LogP contribution in [0, 0.1) is 22.0 Å². The fourth-order valence-electron chi connectivity index (χ4n) is 2.93. The Kier molecular flexibility index (Phi) is 4.30. The Balaban J connectivity index is 2.35. The van der Waals surface area contributed by atoms with Crippen LogP contribution in [0.25, 0.3) is 0 Å². The lowest BCUT2D eigenvalue weighted by molar-refractivity contribution is -0.384. The van der Waals surface area contributed by atoms with E-state index in [4.69, 9.17) is 11.6 Å². The molecular weight excluding hydrogens is 264 g/mol. The summed E-state index contributed by atoms with van der Waals surface area (Å²) in [5.74, 6) is 1.43. The molecule has 1 fully saturated rings. The minimum Gasteiger partial charge on any atom is -0.365 e. The molecule has 0 spiro atoms. The molecular formula is C14H19ClN2O2. The monoisotopic (exact) mass is 282 g/mol. The van der Waals surface area contributed by atoms with Crippen molar-refractivity contribution in [2.24, 2.45) is 11.8 Å². The molecule has 0 aliphatic carbocycles. The highest BCUT2D eigenvalue weighted by Crippen LogP contribution is 2.34. The minimum absolute atomic E-state index is 0.166. The Labute approximate surface area is 118 Å². The summed E-state index contributed by atoms with van der Waals surface area (Å²) in [4.78, 5) is 13.1. The highest BCUT2D eigenvalue weighted by atomic mass is 35.5. The van der Waals surface area contributed by atoms with Crippen LogP contribution in [-0.4, -0.2) is 18.0 Å². The number of piperidine rings is 1. The molecule has 1 aromatic rings. The normalized spacial score (nSPS) is 23.4. The zero-order chi connectivity index (χ0) is 14.0. The first-order valence-electron chi connectivity index (χ1n) is 6.59. The molecule has 5 heteroatoms. The molecule has 1 saturated heterocycles. The summed E-state index contributed by atoms with van der Waals surface area (Å²) < 4.78 is 0. The van der Waals surface area contributed by atoms with Crippen LogP contribution in [0.2, 0.25) is 0 Å². The van der Waals surface area contributed by atoms with E-state index in [2.05, 4.69) is 18.7 Å². The van der Waals surface area contributed by atoms with E-state index < -0.39 is 0 Å². The molecule has 1 aliphatic rings. The smallest absolute Gasteiger partial charge is 0.292 e. The third-order valence-electron chi connectivity index (χ3n) is 3.60. The standard InChI is InChI=1S/C14H19ClN2O2/c1-10-5-11(2)9-16(8-10)13-4-3-12(7-15)6-14(13)17(18)19/h3-4,6,10-11H,5,7-9H2,1-2H3. The van der Waals surface area contributed by atoms with Gasteiger partial charge in [-0.25, -0.2) is 0 Å². The molecule has 0 N–H and O–H groups in total. The van der Waals surface area contributed by atoms with Crippen LogP contribution in [0.1, 0.15) is 25.8 Å². The number of anilines is 1. The lowest BCUT2D eigenvalue weighted by Crippen LogP contribution is -2.39. The molecule has 2 unspecified atom stereocenters. The molecule has 0 bridgehead atoms. The molecule has 0 amide bonds. The number of hydrogen-bond donors (Lipinski definition) is 0. The van der Waals surface area contributed by atoms with E-state index in [0.29, 0.717) is 17.7 Å². The van der Waals surface area contributed by atoms with Gasteiger partial charge in [0.15, 0.2) is 0 Å². The lowest BCUT2D eigenvalue weighted by atomic mass is 9.91. The molecule has 1 aliphatic heterocycles. The van der Waals surface area contributed by atoms with Crippen LogP contribution in [0.15, 0.2) is 18.2 Å². The van der Waals surface area contributed by atoms with Crippen molar-refractivity contribution in [3.63, 3.8) is 0 Å². The molecule has 0 saturated carbocycles. The summed E-state index contributed by atoms with van der Waals surface area (Å²) in [6.07, 6.45) is 1.18. The Hall–Kier alpha value is -1.29. The van der Waals surface area contributed by atoms with Crippen LogP contribution in [0.3, 0.4) is 0 Å². The van der Waals surface area contributed by atoms with Crippen molar-refractivity contribution in [2.45, 2.75) is 26.1 Å². The summed E-state index contributed by atoms with van der Waals surface area (Å²) >= 11 is 5.75. The number of alkyl halides is 1. The molecule has 0 radical (unpaired) electrons. The van der Waals surface area contributed by atoms with Crippen molar-refractivity contribution < 1.29 is 4.92 Å². The summed E-state index contributed by atoms with van der Waals surface area (Å²) in [6, 6.07) is 5.30. The molecule has 1 aromatic carbocycles. The topological polar surface area (TPSA) is 46.4 Å². The van der Waals surface area contributed by atoms with Gasteiger partial charge in [0, 0.05) is 25.0 Å². The molecule has 2 atom stereocenters. The Morgan fingerprint density at radius 2 is 2.00 bits per heavy atom. The van der Waals surface area contributed by atoms with E-state index in [-0.39, 0.29) is 10.6 Å². The van der Waals surface area contributed by atoms with Gasteiger partial charge in [0.05, 0.1) is 4.92 Å². The molecule has 4 nitrogen and oxygen atoms in total. The average Bonchev–Trinajstić information content (AvgIpc) is 2.36. The number of nitro groups is 1. The Bertz CT molecular complexity index is 469. The number of halogens is 1. The quantitative estimate of drug-likeness (QED) is 0.481. The fraction of sp³-hybridized carbons (Fsp3) is 0.571. The van der Waals surface area contributed by atoms with Crippen molar-refractivity contribution in [3.8, 4) is 0 Å². The second kappa shape index (κ2) is 5.78. The minimum atomic E-state index is -0.310. The maximum Gasteiger partial charge on any atom is 0.292 e.